The van der Waals surface area contributed by atoms with Crippen molar-refractivity contribution in [3.05, 3.63) is 41.5 Å². The lowest BCUT2D eigenvalue weighted by atomic mass is 10.1. The molecule has 1 aromatic heterocycles. The third-order valence-electron chi connectivity index (χ3n) is 3.25. The van der Waals surface area contributed by atoms with Crippen LogP contribution < -0.4 is 0 Å². The Morgan fingerprint density at radius 1 is 1.45 bits per heavy atom. The van der Waals surface area contributed by atoms with Crippen LogP contribution in [0, 0.1) is 6.57 Å². The van der Waals surface area contributed by atoms with Crippen LogP contribution in [0.4, 0.5) is 4.79 Å². The Labute approximate surface area is 118 Å². The largest absolute Gasteiger partial charge is 0.443 e. The summed E-state index contributed by atoms with van der Waals surface area (Å²) in [5.74, 6) is 0.415. The Bertz CT molecular complexity index is 680. The number of ether oxygens (including phenoxy) is 1. The molecule has 2 aromatic rings. The van der Waals surface area contributed by atoms with Crippen molar-refractivity contribution in [1.29, 1.82) is 0 Å². The van der Waals surface area contributed by atoms with Crippen molar-refractivity contribution in [2.75, 3.05) is 0 Å². The van der Waals surface area contributed by atoms with Gasteiger partial charge in [-0.05, 0) is 32.4 Å². The summed E-state index contributed by atoms with van der Waals surface area (Å²) in [5.41, 5.74) is 0.818. The third kappa shape index (κ3) is 2.64. The molecule has 0 bridgehead atoms. The molecule has 1 aromatic carbocycles. The van der Waals surface area contributed by atoms with E-state index in [-0.39, 0.29) is 6.54 Å². The Balaban J connectivity index is 2.49. The first-order valence-electron chi connectivity index (χ1n) is 6.51. The van der Waals surface area contributed by atoms with Gasteiger partial charge in [0, 0.05) is 0 Å². The molecular formula is C15H17N3O2. The van der Waals surface area contributed by atoms with Gasteiger partial charge < -0.3 is 9.58 Å². The fourth-order valence-electron chi connectivity index (χ4n) is 1.81. The molecule has 0 saturated carbocycles. The summed E-state index contributed by atoms with van der Waals surface area (Å²) in [6.07, 6.45) is 0.230. The summed E-state index contributed by atoms with van der Waals surface area (Å²) in [5, 5.41) is 0. The number of carbonyl (C=O) groups is 1. The molecule has 0 atom stereocenters. The van der Waals surface area contributed by atoms with E-state index in [0.29, 0.717) is 23.3 Å². The van der Waals surface area contributed by atoms with Gasteiger partial charge in [0.2, 0.25) is 0 Å². The maximum absolute atomic E-state index is 12.4. The van der Waals surface area contributed by atoms with Gasteiger partial charge in [0.25, 0.3) is 6.54 Å². The molecule has 20 heavy (non-hydrogen) atoms. The molecule has 5 heteroatoms. The minimum atomic E-state index is -0.544. The van der Waals surface area contributed by atoms with Crippen molar-refractivity contribution >= 4 is 17.1 Å². The lowest BCUT2D eigenvalue weighted by Crippen LogP contribution is -2.30. The van der Waals surface area contributed by atoms with Crippen LogP contribution in [-0.2, 0) is 11.3 Å². The van der Waals surface area contributed by atoms with Crippen LogP contribution >= 0.6 is 0 Å². The van der Waals surface area contributed by atoms with E-state index in [1.807, 2.05) is 39.0 Å². The van der Waals surface area contributed by atoms with Crippen LogP contribution in [0.3, 0.4) is 0 Å². The fraction of sp³-hybridized carbons (Fsp3) is 0.400. The van der Waals surface area contributed by atoms with E-state index in [2.05, 4.69) is 9.83 Å². The standard InChI is InChI=1S/C15H17N3O2/c1-5-15(2,3)20-14(19)18-12-9-7-6-8-11(12)17-13(18)10-16-4/h6-9H,5,10H2,1-3H3. The molecule has 0 aliphatic rings. The molecule has 0 fully saturated rings. The number of imidazole rings is 1. The van der Waals surface area contributed by atoms with E-state index in [1.54, 1.807) is 6.07 Å². The predicted molar refractivity (Wildman–Crippen MR) is 76.3 cm³/mol. The molecular weight excluding hydrogens is 254 g/mol. The number of fused-ring (bicyclic) bond motifs is 1. The normalized spacial score (nSPS) is 11.3. The maximum Gasteiger partial charge on any atom is 0.420 e. The zero-order valence-electron chi connectivity index (χ0n) is 11.9. The average Bonchev–Trinajstić information content (AvgIpc) is 2.76. The Kier molecular flexibility index (Phi) is 3.75. The lowest BCUT2D eigenvalue weighted by Gasteiger charge is -2.23. The molecule has 0 radical (unpaired) electrons. The van der Waals surface area contributed by atoms with E-state index >= 15 is 0 Å². The summed E-state index contributed by atoms with van der Waals surface area (Å²) < 4.78 is 6.90. The van der Waals surface area contributed by atoms with Crippen LogP contribution in [0.15, 0.2) is 24.3 Å². The summed E-state index contributed by atoms with van der Waals surface area (Å²) in [6, 6.07) is 7.30. The van der Waals surface area contributed by atoms with Gasteiger partial charge in [-0.15, -0.1) is 0 Å². The molecule has 5 nitrogen and oxygen atoms in total. The fourth-order valence-corrected chi connectivity index (χ4v) is 1.81. The van der Waals surface area contributed by atoms with Crippen molar-refractivity contribution in [1.82, 2.24) is 9.55 Å². The van der Waals surface area contributed by atoms with Gasteiger partial charge in [-0.3, -0.25) is 0 Å². The first kappa shape index (κ1) is 14.1. The average molecular weight is 271 g/mol. The predicted octanol–water partition coefficient (Wildman–Crippen LogP) is 3.63. The van der Waals surface area contributed by atoms with Gasteiger partial charge in [-0.1, -0.05) is 19.1 Å². The molecule has 0 amide bonds. The molecule has 2 rings (SSSR count). The van der Waals surface area contributed by atoms with Crippen molar-refractivity contribution in [3.63, 3.8) is 0 Å². The Morgan fingerprint density at radius 3 is 2.80 bits per heavy atom. The quantitative estimate of drug-likeness (QED) is 0.801. The highest BCUT2D eigenvalue weighted by atomic mass is 16.6. The van der Waals surface area contributed by atoms with Crippen LogP contribution in [-0.4, -0.2) is 21.2 Å². The highest BCUT2D eigenvalue weighted by molar-refractivity contribution is 5.87. The Morgan fingerprint density at radius 2 is 2.15 bits per heavy atom. The molecule has 0 saturated heterocycles. The van der Waals surface area contributed by atoms with E-state index < -0.39 is 11.7 Å². The smallest absolute Gasteiger partial charge is 0.420 e. The topological polar surface area (TPSA) is 48.5 Å². The summed E-state index contributed by atoms with van der Waals surface area (Å²) >= 11 is 0. The first-order valence-corrected chi connectivity index (χ1v) is 6.51. The van der Waals surface area contributed by atoms with Crippen molar-refractivity contribution in [2.24, 2.45) is 0 Å². The van der Waals surface area contributed by atoms with Crippen molar-refractivity contribution in [3.8, 4) is 0 Å². The third-order valence-corrected chi connectivity index (χ3v) is 3.25. The van der Waals surface area contributed by atoms with Crippen LogP contribution in [0.1, 0.15) is 33.0 Å². The van der Waals surface area contributed by atoms with Crippen molar-refractivity contribution in [2.45, 2.75) is 39.3 Å². The highest BCUT2D eigenvalue weighted by Gasteiger charge is 2.25. The van der Waals surface area contributed by atoms with Gasteiger partial charge >= 0.3 is 6.09 Å². The summed E-state index contributed by atoms with van der Waals surface area (Å²) in [4.78, 5) is 20.0. The van der Waals surface area contributed by atoms with Gasteiger partial charge in [-0.2, -0.15) is 0 Å². The minimum absolute atomic E-state index is 0.0519. The molecule has 0 aliphatic heterocycles. The van der Waals surface area contributed by atoms with E-state index in [4.69, 9.17) is 11.3 Å². The zero-order chi connectivity index (χ0) is 14.8. The lowest BCUT2D eigenvalue weighted by molar-refractivity contribution is 0.0374. The molecule has 104 valence electrons. The number of carbonyl (C=O) groups excluding carboxylic acids is 1. The highest BCUT2D eigenvalue weighted by Crippen LogP contribution is 2.20. The first-order chi connectivity index (χ1) is 9.48. The number of hydrogen-bond acceptors (Lipinski definition) is 3. The summed E-state index contributed by atoms with van der Waals surface area (Å²) in [7, 11) is 0. The summed E-state index contributed by atoms with van der Waals surface area (Å²) in [6.45, 7) is 12.7. The minimum Gasteiger partial charge on any atom is -0.443 e. The maximum atomic E-state index is 12.4. The second-order valence-electron chi connectivity index (χ2n) is 5.15. The van der Waals surface area contributed by atoms with E-state index in [9.17, 15) is 4.79 Å². The van der Waals surface area contributed by atoms with Gasteiger partial charge in [0.15, 0.2) is 5.82 Å². The second-order valence-corrected chi connectivity index (χ2v) is 5.15. The van der Waals surface area contributed by atoms with Gasteiger partial charge in [-0.25, -0.2) is 20.9 Å². The number of rotatable bonds is 3. The van der Waals surface area contributed by atoms with Gasteiger partial charge in [0.05, 0.1) is 11.0 Å². The molecule has 0 spiro atoms. The van der Waals surface area contributed by atoms with Crippen LogP contribution in [0.2, 0.25) is 0 Å². The number of benzene rings is 1. The molecule has 0 aliphatic carbocycles. The zero-order valence-corrected chi connectivity index (χ0v) is 11.9. The van der Waals surface area contributed by atoms with Gasteiger partial charge in [0.1, 0.15) is 5.60 Å². The number of hydrogen-bond donors (Lipinski definition) is 0. The SMILES string of the molecule is [C-]#[N+]Cc1nc2ccccc2n1C(=O)OC(C)(C)CC. The Hall–Kier alpha value is -2.35. The molecule has 1 heterocycles. The number of para-hydroxylation sites is 2. The van der Waals surface area contributed by atoms with Crippen molar-refractivity contribution < 1.29 is 9.53 Å². The second kappa shape index (κ2) is 5.33. The van der Waals surface area contributed by atoms with E-state index in [0.717, 1.165) is 0 Å². The van der Waals surface area contributed by atoms with Crippen LogP contribution in [0.5, 0.6) is 0 Å². The molecule has 0 N–H and O–H groups in total. The monoisotopic (exact) mass is 271 g/mol. The number of nitrogens with zero attached hydrogens (tertiary/aromatic N) is 3. The van der Waals surface area contributed by atoms with E-state index in [1.165, 1.54) is 4.57 Å². The van der Waals surface area contributed by atoms with Crippen LogP contribution in [0.25, 0.3) is 15.9 Å². The number of aromatic nitrogens is 2. The molecule has 0 unspecified atom stereocenters.